The number of fused-ring (bicyclic) bond motifs is 2. The Morgan fingerprint density at radius 2 is 1.39 bits per heavy atom. The van der Waals surface area contributed by atoms with Crippen molar-refractivity contribution in [3.05, 3.63) is 167 Å². The van der Waals surface area contributed by atoms with Gasteiger partial charge in [-0.2, -0.15) is 5.26 Å². The van der Waals surface area contributed by atoms with E-state index in [0.717, 1.165) is 44.2 Å². The summed E-state index contributed by atoms with van der Waals surface area (Å²) in [5.74, 6) is -0.676. The lowest BCUT2D eigenvalue weighted by atomic mass is 9.64. The molecule has 4 aromatic carbocycles. The summed E-state index contributed by atoms with van der Waals surface area (Å²) in [6, 6.07) is 34.7. The van der Waals surface area contributed by atoms with Gasteiger partial charge in [-0.15, -0.1) is 0 Å². The number of imide groups is 1. The standard InChI is InChI=1S/C38H26N4O2/c1-25-21-30(27-11-9-26(23-39)10-12-27)22-34-35(25)38(31-13-17-40-18-14-31,32-15-19-41-20-16-32)37(44)42(36(34)43)24-29-7-4-6-28-5-2-3-8-33(28)29/h2-22H,24H2,1H3. The fourth-order valence-corrected chi connectivity index (χ4v) is 6.55. The SMILES string of the molecule is Cc1cc(-c2ccc(C#N)cc2)cc2c1C(c1ccncc1)(c1ccncc1)C(=O)N(Cc1cccc3ccccc13)C2=O. The van der Waals surface area contributed by atoms with Gasteiger partial charge in [-0.3, -0.25) is 24.5 Å². The predicted molar refractivity (Wildman–Crippen MR) is 169 cm³/mol. The lowest BCUT2D eigenvalue weighted by Gasteiger charge is -2.44. The molecule has 0 saturated heterocycles. The Morgan fingerprint density at radius 3 is 2.05 bits per heavy atom. The van der Waals surface area contributed by atoms with Crippen LogP contribution in [0.25, 0.3) is 21.9 Å². The summed E-state index contributed by atoms with van der Waals surface area (Å²) in [7, 11) is 0. The first-order valence-electron chi connectivity index (χ1n) is 14.3. The smallest absolute Gasteiger partial charge is 0.261 e. The van der Waals surface area contributed by atoms with Crippen molar-refractivity contribution < 1.29 is 9.59 Å². The minimum absolute atomic E-state index is 0.108. The number of hydrogen-bond acceptors (Lipinski definition) is 5. The van der Waals surface area contributed by atoms with Gasteiger partial charge in [-0.05, 0) is 99.1 Å². The third-order valence-electron chi connectivity index (χ3n) is 8.53. The van der Waals surface area contributed by atoms with Gasteiger partial charge in [0.1, 0.15) is 5.41 Å². The quantitative estimate of drug-likeness (QED) is 0.209. The van der Waals surface area contributed by atoms with E-state index >= 15 is 4.79 Å². The van der Waals surface area contributed by atoms with Crippen molar-refractivity contribution in [3.63, 3.8) is 0 Å². The summed E-state index contributed by atoms with van der Waals surface area (Å²) >= 11 is 0. The van der Waals surface area contributed by atoms with E-state index in [4.69, 9.17) is 0 Å². The molecule has 44 heavy (non-hydrogen) atoms. The molecular formula is C38H26N4O2. The maximum atomic E-state index is 15.2. The molecule has 6 nitrogen and oxygen atoms in total. The highest BCUT2D eigenvalue weighted by atomic mass is 16.2. The molecule has 0 saturated carbocycles. The molecule has 2 aromatic heterocycles. The lowest BCUT2D eigenvalue weighted by Crippen LogP contribution is -2.55. The molecule has 2 amide bonds. The summed E-state index contributed by atoms with van der Waals surface area (Å²) < 4.78 is 0. The molecule has 1 aliphatic heterocycles. The molecule has 1 aliphatic rings. The zero-order chi connectivity index (χ0) is 30.3. The van der Waals surface area contributed by atoms with Gasteiger partial charge < -0.3 is 0 Å². The van der Waals surface area contributed by atoms with E-state index in [1.54, 1.807) is 36.9 Å². The number of nitrogens with zero attached hydrogens (tertiary/aromatic N) is 4. The molecular weight excluding hydrogens is 544 g/mol. The number of benzene rings is 4. The first kappa shape index (κ1) is 26.9. The molecule has 6 aromatic rings. The number of amides is 2. The van der Waals surface area contributed by atoms with E-state index < -0.39 is 5.41 Å². The number of hydrogen-bond donors (Lipinski definition) is 0. The van der Waals surface area contributed by atoms with Crippen molar-refractivity contribution in [3.8, 4) is 17.2 Å². The average Bonchev–Trinajstić information content (AvgIpc) is 3.08. The summed E-state index contributed by atoms with van der Waals surface area (Å²) in [5, 5.41) is 11.3. The highest BCUT2D eigenvalue weighted by molar-refractivity contribution is 6.17. The third kappa shape index (κ3) is 4.18. The minimum atomic E-state index is -1.33. The van der Waals surface area contributed by atoms with Crippen LogP contribution in [0.1, 0.15) is 43.7 Å². The van der Waals surface area contributed by atoms with E-state index in [9.17, 15) is 10.1 Å². The van der Waals surface area contributed by atoms with E-state index in [0.29, 0.717) is 16.7 Å². The van der Waals surface area contributed by atoms with Crippen LogP contribution in [-0.4, -0.2) is 26.7 Å². The highest BCUT2D eigenvalue weighted by Gasteiger charge is 2.54. The van der Waals surface area contributed by atoms with Crippen molar-refractivity contribution >= 4 is 22.6 Å². The van der Waals surface area contributed by atoms with Gasteiger partial charge in [0.15, 0.2) is 0 Å². The molecule has 0 radical (unpaired) electrons. The van der Waals surface area contributed by atoms with E-state index in [-0.39, 0.29) is 18.4 Å². The maximum Gasteiger partial charge on any atom is 0.261 e. The summed E-state index contributed by atoms with van der Waals surface area (Å²) in [4.78, 5) is 39.7. The number of nitriles is 1. The van der Waals surface area contributed by atoms with Gasteiger partial charge in [0.05, 0.1) is 18.2 Å². The van der Waals surface area contributed by atoms with Gasteiger partial charge >= 0.3 is 0 Å². The second-order valence-electron chi connectivity index (χ2n) is 11.0. The van der Waals surface area contributed by atoms with Crippen LogP contribution in [0.2, 0.25) is 0 Å². The monoisotopic (exact) mass is 570 g/mol. The lowest BCUT2D eigenvalue weighted by molar-refractivity contribution is -0.133. The summed E-state index contributed by atoms with van der Waals surface area (Å²) in [6.07, 6.45) is 6.71. The van der Waals surface area contributed by atoms with Crippen LogP contribution in [0.3, 0.4) is 0 Å². The van der Waals surface area contributed by atoms with Crippen LogP contribution < -0.4 is 0 Å². The van der Waals surface area contributed by atoms with Crippen molar-refractivity contribution in [2.75, 3.05) is 0 Å². The predicted octanol–water partition coefficient (Wildman–Crippen LogP) is 6.99. The Balaban J connectivity index is 1.52. The van der Waals surface area contributed by atoms with Crippen LogP contribution in [-0.2, 0) is 16.8 Å². The number of aromatic nitrogens is 2. The van der Waals surface area contributed by atoms with E-state index in [1.165, 1.54) is 4.90 Å². The summed E-state index contributed by atoms with van der Waals surface area (Å²) in [5.41, 5.74) is 5.16. The second kappa shape index (κ2) is 10.7. The topological polar surface area (TPSA) is 86.9 Å². The largest absolute Gasteiger partial charge is 0.273 e. The van der Waals surface area contributed by atoms with Gasteiger partial charge in [0.25, 0.3) is 5.91 Å². The normalized spacial score (nSPS) is 13.9. The van der Waals surface area contributed by atoms with Gasteiger partial charge in [0, 0.05) is 30.4 Å². The van der Waals surface area contributed by atoms with Crippen molar-refractivity contribution in [1.29, 1.82) is 5.26 Å². The minimum Gasteiger partial charge on any atom is -0.273 e. The van der Waals surface area contributed by atoms with Gasteiger partial charge in [0.2, 0.25) is 5.91 Å². The Labute approximate surface area is 254 Å². The number of carbonyl (C=O) groups excluding carboxylic acids is 2. The van der Waals surface area contributed by atoms with Gasteiger partial charge in [-0.1, -0.05) is 60.7 Å². The summed E-state index contributed by atoms with van der Waals surface area (Å²) in [6.45, 7) is 2.06. The van der Waals surface area contributed by atoms with E-state index in [2.05, 4.69) is 16.0 Å². The molecule has 0 unspecified atom stereocenters. The Hall–Kier alpha value is -5.93. The van der Waals surface area contributed by atoms with Gasteiger partial charge in [-0.25, -0.2) is 0 Å². The Morgan fingerprint density at radius 1 is 0.750 bits per heavy atom. The van der Waals surface area contributed by atoms with Crippen molar-refractivity contribution in [1.82, 2.24) is 14.9 Å². The fraction of sp³-hybridized carbons (Fsp3) is 0.0789. The van der Waals surface area contributed by atoms with Crippen LogP contribution in [0.5, 0.6) is 0 Å². The van der Waals surface area contributed by atoms with Crippen LogP contribution in [0.4, 0.5) is 0 Å². The number of carbonyl (C=O) groups is 2. The first-order valence-corrected chi connectivity index (χ1v) is 14.3. The van der Waals surface area contributed by atoms with Crippen LogP contribution in [0, 0.1) is 18.3 Å². The Bertz CT molecular complexity index is 2060. The molecule has 0 N–H and O–H groups in total. The third-order valence-corrected chi connectivity index (χ3v) is 8.53. The van der Waals surface area contributed by atoms with Crippen molar-refractivity contribution in [2.24, 2.45) is 0 Å². The average molecular weight is 571 g/mol. The molecule has 3 heterocycles. The molecule has 7 rings (SSSR count). The fourth-order valence-electron chi connectivity index (χ4n) is 6.55. The zero-order valence-electron chi connectivity index (χ0n) is 23.9. The highest BCUT2D eigenvalue weighted by Crippen LogP contribution is 2.48. The maximum absolute atomic E-state index is 15.2. The van der Waals surface area contributed by atoms with Crippen LogP contribution >= 0.6 is 0 Å². The molecule has 0 bridgehead atoms. The Kier molecular flexibility index (Phi) is 6.56. The van der Waals surface area contributed by atoms with Crippen molar-refractivity contribution in [2.45, 2.75) is 18.9 Å². The molecule has 6 heteroatoms. The van der Waals surface area contributed by atoms with E-state index in [1.807, 2.05) is 97.9 Å². The number of pyridine rings is 2. The van der Waals surface area contributed by atoms with Crippen LogP contribution in [0.15, 0.2) is 128 Å². The molecule has 0 fully saturated rings. The second-order valence-corrected chi connectivity index (χ2v) is 11.0. The number of aryl methyl sites for hydroxylation is 1. The number of rotatable bonds is 5. The molecule has 0 spiro atoms. The molecule has 210 valence electrons. The zero-order valence-corrected chi connectivity index (χ0v) is 23.9. The molecule has 0 atom stereocenters. The first-order chi connectivity index (χ1) is 21.5. The molecule has 0 aliphatic carbocycles.